The van der Waals surface area contributed by atoms with Gasteiger partial charge in [0.15, 0.2) is 0 Å². The highest BCUT2D eigenvalue weighted by molar-refractivity contribution is 8.03. The lowest BCUT2D eigenvalue weighted by atomic mass is 10.2. The van der Waals surface area contributed by atoms with Gasteiger partial charge in [-0.05, 0) is 18.6 Å². The summed E-state index contributed by atoms with van der Waals surface area (Å²) < 4.78 is 0. The molecule has 1 fully saturated rings. The molecule has 2 aliphatic heterocycles. The molecule has 96 valence electrons. The van der Waals surface area contributed by atoms with Gasteiger partial charge in [-0.3, -0.25) is 4.90 Å². The van der Waals surface area contributed by atoms with Crippen LogP contribution < -0.4 is 0 Å². The van der Waals surface area contributed by atoms with Gasteiger partial charge < -0.3 is 10.2 Å². The number of rotatable bonds is 3. The Bertz CT molecular complexity index is 448. The Morgan fingerprint density at radius 2 is 2.06 bits per heavy atom. The smallest absolute Gasteiger partial charge is 0.0754 e. The zero-order valence-corrected chi connectivity index (χ0v) is 10.9. The van der Waals surface area contributed by atoms with Gasteiger partial charge in [-0.15, -0.1) is 0 Å². The monoisotopic (exact) mass is 263 g/mol. The van der Waals surface area contributed by atoms with Crippen LogP contribution in [0.2, 0.25) is 0 Å². The topological polar surface area (TPSA) is 43.7 Å². The van der Waals surface area contributed by atoms with Crippen LogP contribution in [0.5, 0.6) is 0 Å². The largest absolute Gasteiger partial charge is 0.394 e. The molecule has 0 unspecified atom stereocenters. The van der Waals surface area contributed by atoms with E-state index in [1.54, 1.807) is 11.8 Å². The lowest BCUT2D eigenvalue weighted by molar-refractivity contribution is 0.119. The second kappa shape index (κ2) is 5.05. The van der Waals surface area contributed by atoms with Crippen LogP contribution in [0.1, 0.15) is 6.42 Å². The summed E-state index contributed by atoms with van der Waals surface area (Å²) in [5, 5.41) is 19.5. The summed E-state index contributed by atoms with van der Waals surface area (Å²) >= 11 is 1.70. The molecule has 0 radical (unpaired) electrons. The normalized spacial score (nSPS) is 31.4. The molecule has 0 aromatic heterocycles. The molecule has 0 saturated carbocycles. The van der Waals surface area contributed by atoms with Crippen molar-refractivity contribution in [1.82, 2.24) is 4.90 Å². The zero-order chi connectivity index (χ0) is 12.5. The SMILES string of the molecule is OC[C@H]1C=C(Sc2ccccc2)[C@@H]2[C@@H](O)CCN12. The van der Waals surface area contributed by atoms with E-state index in [4.69, 9.17) is 0 Å². The zero-order valence-electron chi connectivity index (χ0n) is 10.1. The summed E-state index contributed by atoms with van der Waals surface area (Å²) in [6.07, 6.45) is 2.60. The van der Waals surface area contributed by atoms with E-state index in [0.29, 0.717) is 0 Å². The molecule has 3 rings (SSSR count). The van der Waals surface area contributed by atoms with E-state index in [-0.39, 0.29) is 24.8 Å². The maximum absolute atomic E-state index is 10.1. The van der Waals surface area contributed by atoms with E-state index in [9.17, 15) is 10.2 Å². The fraction of sp³-hybridized carbons (Fsp3) is 0.429. The summed E-state index contributed by atoms with van der Waals surface area (Å²) in [7, 11) is 0. The van der Waals surface area contributed by atoms with Crippen molar-refractivity contribution in [1.29, 1.82) is 0 Å². The maximum atomic E-state index is 10.1. The average molecular weight is 263 g/mol. The Morgan fingerprint density at radius 3 is 2.78 bits per heavy atom. The molecular weight excluding hydrogens is 246 g/mol. The molecule has 0 amide bonds. The highest BCUT2D eigenvalue weighted by Gasteiger charge is 2.43. The van der Waals surface area contributed by atoms with Crippen LogP contribution in [0, 0.1) is 0 Å². The molecular formula is C14H17NO2S. The van der Waals surface area contributed by atoms with Crippen LogP contribution in [0.4, 0.5) is 0 Å². The van der Waals surface area contributed by atoms with Crippen LogP contribution in [-0.2, 0) is 0 Å². The Labute approximate surface area is 111 Å². The van der Waals surface area contributed by atoms with Gasteiger partial charge in [-0.25, -0.2) is 0 Å². The Kier molecular flexibility index (Phi) is 3.43. The third kappa shape index (κ3) is 2.10. The van der Waals surface area contributed by atoms with Crippen LogP contribution in [0.3, 0.4) is 0 Å². The van der Waals surface area contributed by atoms with Crippen LogP contribution in [-0.4, -0.2) is 46.5 Å². The highest BCUT2D eigenvalue weighted by atomic mass is 32.2. The highest BCUT2D eigenvalue weighted by Crippen LogP contribution is 2.41. The summed E-state index contributed by atoms with van der Waals surface area (Å²) in [5.74, 6) is 0. The molecule has 18 heavy (non-hydrogen) atoms. The predicted molar refractivity (Wildman–Crippen MR) is 72.4 cm³/mol. The molecule has 2 aliphatic rings. The number of thioether (sulfide) groups is 1. The molecule has 1 aromatic rings. The van der Waals surface area contributed by atoms with E-state index in [0.717, 1.165) is 13.0 Å². The van der Waals surface area contributed by atoms with Gasteiger partial charge in [-0.1, -0.05) is 36.0 Å². The third-order valence-corrected chi connectivity index (χ3v) is 4.77. The standard InChI is InChI=1S/C14H17NO2S/c16-9-10-8-13(14-12(17)6-7-15(10)14)18-11-4-2-1-3-5-11/h1-5,8,10,12,14,16-17H,6-7,9H2/t10-,12+,14+/m1/s1. The van der Waals surface area contributed by atoms with Crippen LogP contribution >= 0.6 is 11.8 Å². The number of aliphatic hydroxyl groups is 2. The third-order valence-electron chi connectivity index (χ3n) is 3.64. The first-order valence-corrected chi connectivity index (χ1v) is 7.10. The number of fused-ring (bicyclic) bond motifs is 1. The van der Waals surface area contributed by atoms with Crippen molar-refractivity contribution in [2.75, 3.05) is 13.2 Å². The van der Waals surface area contributed by atoms with Crippen molar-refractivity contribution in [3.05, 3.63) is 41.3 Å². The second-order valence-corrected chi connectivity index (χ2v) is 5.92. The average Bonchev–Trinajstić information content (AvgIpc) is 2.93. The first-order chi connectivity index (χ1) is 8.79. The molecule has 0 bridgehead atoms. The summed E-state index contributed by atoms with van der Waals surface area (Å²) in [6.45, 7) is 0.995. The molecule has 1 saturated heterocycles. The van der Waals surface area contributed by atoms with Crippen LogP contribution in [0.15, 0.2) is 46.2 Å². The van der Waals surface area contributed by atoms with Gasteiger partial charge >= 0.3 is 0 Å². The first kappa shape index (κ1) is 12.2. The van der Waals surface area contributed by atoms with Crippen molar-refractivity contribution >= 4 is 11.8 Å². The van der Waals surface area contributed by atoms with E-state index in [1.165, 1.54) is 9.80 Å². The fourth-order valence-corrected chi connectivity index (χ4v) is 3.99. The lowest BCUT2D eigenvalue weighted by Gasteiger charge is -2.24. The minimum absolute atomic E-state index is 0.0679. The second-order valence-electron chi connectivity index (χ2n) is 4.77. The lowest BCUT2D eigenvalue weighted by Crippen LogP contribution is -2.38. The minimum Gasteiger partial charge on any atom is -0.394 e. The van der Waals surface area contributed by atoms with Crippen molar-refractivity contribution in [2.45, 2.75) is 29.5 Å². The van der Waals surface area contributed by atoms with Crippen LogP contribution in [0.25, 0.3) is 0 Å². The number of benzene rings is 1. The molecule has 0 spiro atoms. The van der Waals surface area contributed by atoms with Gasteiger partial charge in [0.2, 0.25) is 0 Å². The summed E-state index contributed by atoms with van der Waals surface area (Å²) in [6, 6.07) is 10.3. The van der Waals surface area contributed by atoms with Gasteiger partial charge in [0.1, 0.15) is 0 Å². The predicted octanol–water partition coefficient (Wildman–Crippen LogP) is 1.47. The van der Waals surface area contributed by atoms with Gasteiger partial charge in [-0.2, -0.15) is 0 Å². The molecule has 2 N–H and O–H groups in total. The van der Waals surface area contributed by atoms with Gasteiger partial charge in [0.05, 0.1) is 24.8 Å². The van der Waals surface area contributed by atoms with Crippen molar-refractivity contribution < 1.29 is 10.2 Å². The van der Waals surface area contributed by atoms with E-state index >= 15 is 0 Å². The summed E-state index contributed by atoms with van der Waals surface area (Å²) in [5.41, 5.74) is 0. The number of hydrogen-bond acceptors (Lipinski definition) is 4. The first-order valence-electron chi connectivity index (χ1n) is 6.29. The molecule has 1 aromatic carbocycles. The Hall–Kier alpha value is -0.810. The van der Waals surface area contributed by atoms with Crippen molar-refractivity contribution in [3.8, 4) is 0 Å². The Morgan fingerprint density at radius 1 is 1.28 bits per heavy atom. The molecule has 4 heteroatoms. The number of aliphatic hydroxyl groups excluding tert-OH is 2. The maximum Gasteiger partial charge on any atom is 0.0754 e. The van der Waals surface area contributed by atoms with E-state index in [2.05, 4.69) is 23.1 Å². The molecule has 3 nitrogen and oxygen atoms in total. The van der Waals surface area contributed by atoms with Gasteiger partial charge in [0.25, 0.3) is 0 Å². The minimum atomic E-state index is -0.302. The molecule has 0 aliphatic carbocycles. The number of hydrogen-bond donors (Lipinski definition) is 2. The molecule has 2 heterocycles. The van der Waals surface area contributed by atoms with E-state index < -0.39 is 0 Å². The van der Waals surface area contributed by atoms with Gasteiger partial charge in [0, 0.05) is 16.3 Å². The van der Waals surface area contributed by atoms with Crippen molar-refractivity contribution in [2.24, 2.45) is 0 Å². The fourth-order valence-electron chi connectivity index (χ4n) is 2.79. The molecule has 3 atom stereocenters. The summed E-state index contributed by atoms with van der Waals surface area (Å²) in [4.78, 5) is 4.56. The number of nitrogens with zero attached hydrogens (tertiary/aromatic N) is 1. The van der Waals surface area contributed by atoms with E-state index in [1.807, 2.05) is 18.2 Å². The van der Waals surface area contributed by atoms with Crippen molar-refractivity contribution in [3.63, 3.8) is 0 Å². The Balaban J connectivity index is 1.82. The quantitative estimate of drug-likeness (QED) is 0.867.